The lowest BCUT2D eigenvalue weighted by Crippen LogP contribution is -2.32. The third-order valence-corrected chi connectivity index (χ3v) is 5.00. The first-order chi connectivity index (χ1) is 8.90. The molecule has 0 radical (unpaired) electrons. The van der Waals surface area contributed by atoms with Crippen molar-refractivity contribution in [2.75, 3.05) is 13.1 Å². The third kappa shape index (κ3) is 7.48. The van der Waals surface area contributed by atoms with Crippen LogP contribution in [0.3, 0.4) is 0 Å². The van der Waals surface area contributed by atoms with Gasteiger partial charge in [-0.1, -0.05) is 44.7 Å². The average molecular weight is 281 g/mol. The minimum atomic E-state index is -1.06. The van der Waals surface area contributed by atoms with E-state index in [0.29, 0.717) is 5.92 Å². The van der Waals surface area contributed by atoms with Gasteiger partial charge < -0.3 is 5.32 Å². The number of hydrogen-bond acceptors (Lipinski definition) is 1. The van der Waals surface area contributed by atoms with Crippen LogP contribution in [0.25, 0.3) is 0 Å². The fraction of sp³-hybridized carbons (Fsp3) is 0.625. The molecule has 1 rings (SSSR count). The Morgan fingerprint density at radius 1 is 1.16 bits per heavy atom. The second-order valence-electron chi connectivity index (χ2n) is 6.67. The smallest absolute Gasteiger partial charge is 0.123 e. The Balaban J connectivity index is 2.59. The second-order valence-corrected chi connectivity index (χ2v) is 12.2. The molecule has 0 aliphatic carbocycles. The van der Waals surface area contributed by atoms with Crippen molar-refractivity contribution in [2.45, 2.75) is 45.5 Å². The molecule has 1 N–H and O–H groups in total. The van der Waals surface area contributed by atoms with Crippen molar-refractivity contribution >= 4 is 8.07 Å². The summed E-state index contributed by atoms with van der Waals surface area (Å²) < 4.78 is 12.9. The van der Waals surface area contributed by atoms with Gasteiger partial charge in [0.05, 0.1) is 0 Å². The summed E-state index contributed by atoms with van der Waals surface area (Å²) in [4.78, 5) is 0. The lowest BCUT2D eigenvalue weighted by molar-refractivity contribution is 0.505. The first kappa shape index (κ1) is 16.4. The van der Waals surface area contributed by atoms with Gasteiger partial charge in [-0.15, -0.1) is 0 Å². The highest BCUT2D eigenvalue weighted by Gasteiger charge is 2.20. The van der Waals surface area contributed by atoms with Crippen LogP contribution in [0.4, 0.5) is 4.39 Å². The molecule has 108 valence electrons. The van der Waals surface area contributed by atoms with Crippen LogP contribution < -0.4 is 5.32 Å². The molecule has 1 atom stereocenters. The van der Waals surface area contributed by atoms with Crippen LogP contribution >= 0.6 is 0 Å². The Bertz CT molecular complexity index is 356. The Morgan fingerprint density at radius 2 is 1.79 bits per heavy atom. The highest BCUT2D eigenvalue weighted by atomic mass is 28.3. The third-order valence-electron chi connectivity index (χ3n) is 3.20. The Morgan fingerprint density at radius 3 is 2.32 bits per heavy atom. The largest absolute Gasteiger partial charge is 0.316 e. The monoisotopic (exact) mass is 281 g/mol. The maximum atomic E-state index is 12.9. The van der Waals surface area contributed by atoms with E-state index >= 15 is 0 Å². The predicted molar refractivity (Wildman–Crippen MR) is 84.9 cm³/mol. The molecular formula is C16H28FNSi. The molecule has 1 aromatic carbocycles. The van der Waals surface area contributed by atoms with E-state index in [4.69, 9.17) is 0 Å². The Kier molecular flexibility index (Phi) is 6.73. The van der Waals surface area contributed by atoms with Crippen LogP contribution in [0, 0.1) is 11.7 Å². The van der Waals surface area contributed by atoms with Gasteiger partial charge in [-0.25, -0.2) is 4.39 Å². The zero-order chi connectivity index (χ0) is 14.3. The van der Waals surface area contributed by atoms with Crippen molar-refractivity contribution in [1.29, 1.82) is 0 Å². The van der Waals surface area contributed by atoms with Gasteiger partial charge in [0.15, 0.2) is 0 Å². The highest BCUT2D eigenvalue weighted by molar-refractivity contribution is 6.76. The molecule has 19 heavy (non-hydrogen) atoms. The molecule has 0 saturated carbocycles. The van der Waals surface area contributed by atoms with E-state index in [1.165, 1.54) is 18.0 Å². The van der Waals surface area contributed by atoms with Crippen LogP contribution in [0.5, 0.6) is 0 Å². The predicted octanol–water partition coefficient (Wildman–Crippen LogP) is 4.32. The van der Waals surface area contributed by atoms with E-state index in [1.54, 1.807) is 12.1 Å². The second kappa shape index (κ2) is 7.80. The highest BCUT2D eigenvalue weighted by Crippen LogP contribution is 2.20. The lowest BCUT2D eigenvalue weighted by atomic mass is 10.0. The summed E-state index contributed by atoms with van der Waals surface area (Å²) in [5, 5.41) is 3.54. The molecule has 1 nitrogen and oxygen atoms in total. The van der Waals surface area contributed by atoms with Crippen molar-refractivity contribution in [3.05, 3.63) is 35.6 Å². The molecule has 1 aromatic rings. The molecular weight excluding hydrogens is 253 g/mol. The summed E-state index contributed by atoms with van der Waals surface area (Å²) in [5.74, 6) is 0.526. The van der Waals surface area contributed by atoms with Gasteiger partial charge in [-0.2, -0.15) is 0 Å². The van der Waals surface area contributed by atoms with Crippen LogP contribution in [-0.4, -0.2) is 21.2 Å². The molecule has 0 bridgehead atoms. The fourth-order valence-corrected chi connectivity index (χ4v) is 4.54. The molecule has 3 heteroatoms. The van der Waals surface area contributed by atoms with Crippen LogP contribution in [-0.2, 0) is 6.42 Å². The summed E-state index contributed by atoms with van der Waals surface area (Å²) >= 11 is 0. The first-order valence-electron chi connectivity index (χ1n) is 7.36. The van der Waals surface area contributed by atoms with E-state index in [2.05, 4.69) is 31.9 Å². The molecule has 0 aliphatic rings. The standard InChI is InChI=1S/C16H28FNSi/c1-5-10-18-12-15(13-19(2,3)4)11-14-6-8-16(17)9-7-14/h6-9,15,18H,5,10-13H2,1-4H3. The molecule has 0 aromatic heterocycles. The first-order valence-corrected chi connectivity index (χ1v) is 11.1. The number of halogens is 1. The van der Waals surface area contributed by atoms with Gasteiger partial charge in [-0.05, 0) is 49.5 Å². The van der Waals surface area contributed by atoms with E-state index in [-0.39, 0.29) is 5.82 Å². The summed E-state index contributed by atoms with van der Waals surface area (Å²) in [7, 11) is -1.06. The maximum Gasteiger partial charge on any atom is 0.123 e. The van der Waals surface area contributed by atoms with Gasteiger partial charge in [0.1, 0.15) is 5.82 Å². The van der Waals surface area contributed by atoms with Gasteiger partial charge >= 0.3 is 0 Å². The van der Waals surface area contributed by atoms with E-state index in [9.17, 15) is 4.39 Å². The van der Waals surface area contributed by atoms with Crippen molar-refractivity contribution in [3.8, 4) is 0 Å². The van der Waals surface area contributed by atoms with Gasteiger partial charge in [0.25, 0.3) is 0 Å². The zero-order valence-corrected chi connectivity index (χ0v) is 13.8. The SMILES string of the molecule is CCCNCC(Cc1ccc(F)cc1)C[Si](C)(C)C. The molecule has 0 heterocycles. The molecule has 0 saturated heterocycles. The summed E-state index contributed by atoms with van der Waals surface area (Å²) in [5.41, 5.74) is 1.25. The van der Waals surface area contributed by atoms with Gasteiger partial charge in [-0.3, -0.25) is 0 Å². The molecule has 1 unspecified atom stereocenters. The summed E-state index contributed by atoms with van der Waals surface area (Å²) in [6, 6.07) is 8.31. The molecule has 0 fully saturated rings. The van der Waals surface area contributed by atoms with Crippen LogP contribution in [0.1, 0.15) is 18.9 Å². The van der Waals surface area contributed by atoms with Crippen LogP contribution in [0.2, 0.25) is 25.7 Å². The number of hydrogen-bond donors (Lipinski definition) is 1. The normalized spacial score (nSPS) is 13.5. The minimum absolute atomic E-state index is 0.144. The Hall–Kier alpha value is -0.673. The molecule has 0 spiro atoms. The molecule has 0 aliphatic heterocycles. The Labute approximate surface area is 118 Å². The van der Waals surface area contributed by atoms with E-state index in [1.807, 2.05) is 12.1 Å². The van der Waals surface area contributed by atoms with E-state index in [0.717, 1.165) is 19.5 Å². The zero-order valence-electron chi connectivity index (χ0n) is 12.8. The maximum absolute atomic E-state index is 12.9. The topological polar surface area (TPSA) is 12.0 Å². The molecule has 0 amide bonds. The number of nitrogens with one attached hydrogen (secondary N) is 1. The van der Waals surface area contributed by atoms with Crippen molar-refractivity contribution in [1.82, 2.24) is 5.32 Å². The summed E-state index contributed by atoms with van der Waals surface area (Å²) in [6.45, 7) is 11.6. The lowest BCUT2D eigenvalue weighted by Gasteiger charge is -2.25. The fourth-order valence-electron chi connectivity index (χ4n) is 2.52. The van der Waals surface area contributed by atoms with E-state index < -0.39 is 8.07 Å². The van der Waals surface area contributed by atoms with Crippen molar-refractivity contribution < 1.29 is 4.39 Å². The average Bonchev–Trinajstić information content (AvgIpc) is 2.30. The van der Waals surface area contributed by atoms with Crippen molar-refractivity contribution in [3.63, 3.8) is 0 Å². The quantitative estimate of drug-likeness (QED) is 0.552. The van der Waals surface area contributed by atoms with Gasteiger partial charge in [0, 0.05) is 8.07 Å². The van der Waals surface area contributed by atoms with Gasteiger partial charge in [0.2, 0.25) is 0 Å². The number of benzene rings is 1. The minimum Gasteiger partial charge on any atom is -0.316 e. The van der Waals surface area contributed by atoms with Crippen LogP contribution in [0.15, 0.2) is 24.3 Å². The number of rotatable bonds is 8. The summed E-state index contributed by atoms with van der Waals surface area (Å²) in [6.07, 6.45) is 2.23. The van der Waals surface area contributed by atoms with Crippen molar-refractivity contribution in [2.24, 2.45) is 5.92 Å².